The predicted molar refractivity (Wildman–Crippen MR) is 114 cm³/mol. The minimum absolute atomic E-state index is 0.0198. The van der Waals surface area contributed by atoms with E-state index in [-0.39, 0.29) is 17.7 Å². The molecule has 1 fully saturated rings. The zero-order valence-corrected chi connectivity index (χ0v) is 16.1. The summed E-state index contributed by atoms with van der Waals surface area (Å²) in [5, 5.41) is 5.61. The van der Waals surface area contributed by atoms with E-state index in [1.807, 2.05) is 6.07 Å². The molecule has 0 unspecified atom stereocenters. The summed E-state index contributed by atoms with van der Waals surface area (Å²) in [4.78, 5) is 36.5. The lowest BCUT2D eigenvalue weighted by molar-refractivity contribution is -0.117. The molecule has 2 N–H and O–H groups in total. The molecule has 0 atom stereocenters. The fraction of sp³-hybridized carbons (Fsp3) is 0.125. The molecule has 150 valence electrons. The third-order valence-corrected chi connectivity index (χ3v) is 4.67. The van der Waals surface area contributed by atoms with Crippen LogP contribution in [0.15, 0.2) is 78.9 Å². The lowest BCUT2D eigenvalue weighted by Crippen LogP contribution is -2.14. The number of hydrogen-bond donors (Lipinski definition) is 2. The van der Waals surface area contributed by atoms with E-state index < -0.39 is 5.97 Å². The second-order valence-electron chi connectivity index (χ2n) is 7.08. The van der Waals surface area contributed by atoms with Crippen molar-refractivity contribution < 1.29 is 19.1 Å². The summed E-state index contributed by atoms with van der Waals surface area (Å²) in [5.41, 5.74) is 2.06. The van der Waals surface area contributed by atoms with Gasteiger partial charge >= 0.3 is 5.97 Å². The van der Waals surface area contributed by atoms with E-state index in [0.717, 1.165) is 12.8 Å². The number of carbonyl (C=O) groups excluding carboxylic acids is 3. The van der Waals surface area contributed by atoms with E-state index in [0.29, 0.717) is 28.3 Å². The van der Waals surface area contributed by atoms with Gasteiger partial charge in [0.1, 0.15) is 5.75 Å². The quantitative estimate of drug-likeness (QED) is 0.471. The van der Waals surface area contributed by atoms with Crippen molar-refractivity contribution in [3.8, 4) is 5.75 Å². The molecule has 1 aliphatic rings. The number of amides is 2. The number of carbonyl (C=O) groups is 3. The maximum atomic E-state index is 12.4. The molecular weight excluding hydrogens is 380 g/mol. The van der Waals surface area contributed by atoms with E-state index in [1.54, 1.807) is 72.8 Å². The van der Waals surface area contributed by atoms with Crippen molar-refractivity contribution in [2.75, 3.05) is 10.6 Å². The molecular formula is C24H20N2O4. The second-order valence-corrected chi connectivity index (χ2v) is 7.08. The summed E-state index contributed by atoms with van der Waals surface area (Å²) in [6.45, 7) is 0. The summed E-state index contributed by atoms with van der Waals surface area (Å²) in [6.07, 6.45) is 1.82. The highest BCUT2D eigenvalue weighted by atomic mass is 16.5. The van der Waals surface area contributed by atoms with Gasteiger partial charge in [-0.2, -0.15) is 0 Å². The first-order valence-corrected chi connectivity index (χ1v) is 9.68. The fourth-order valence-electron chi connectivity index (χ4n) is 2.88. The highest BCUT2D eigenvalue weighted by Gasteiger charge is 2.29. The van der Waals surface area contributed by atoms with Crippen LogP contribution in [0.25, 0.3) is 0 Å². The molecule has 3 aromatic carbocycles. The Balaban J connectivity index is 1.36. The third kappa shape index (κ3) is 4.91. The van der Waals surface area contributed by atoms with Crippen LogP contribution in [-0.4, -0.2) is 17.8 Å². The molecule has 0 spiro atoms. The lowest BCUT2D eigenvalue weighted by atomic mass is 10.2. The number of rotatable bonds is 6. The number of benzene rings is 3. The van der Waals surface area contributed by atoms with Crippen molar-refractivity contribution in [2.24, 2.45) is 5.92 Å². The maximum Gasteiger partial charge on any atom is 0.343 e. The van der Waals surface area contributed by atoms with E-state index >= 15 is 0 Å². The summed E-state index contributed by atoms with van der Waals surface area (Å²) < 4.78 is 5.40. The van der Waals surface area contributed by atoms with Gasteiger partial charge in [0.05, 0.1) is 5.56 Å². The summed E-state index contributed by atoms with van der Waals surface area (Å²) in [5.74, 6) is -0.329. The molecule has 0 saturated heterocycles. The van der Waals surface area contributed by atoms with Crippen molar-refractivity contribution in [2.45, 2.75) is 12.8 Å². The lowest BCUT2D eigenvalue weighted by Gasteiger charge is -2.09. The van der Waals surface area contributed by atoms with Crippen LogP contribution in [0.1, 0.15) is 33.6 Å². The molecule has 0 bridgehead atoms. The molecule has 6 heteroatoms. The fourth-order valence-corrected chi connectivity index (χ4v) is 2.88. The van der Waals surface area contributed by atoms with Gasteiger partial charge in [-0.3, -0.25) is 9.59 Å². The highest BCUT2D eigenvalue weighted by Crippen LogP contribution is 2.30. The molecule has 0 radical (unpaired) electrons. The maximum absolute atomic E-state index is 12.4. The Hall–Kier alpha value is -3.93. The Morgan fingerprint density at radius 2 is 1.43 bits per heavy atom. The minimum atomic E-state index is -0.529. The average molecular weight is 400 g/mol. The van der Waals surface area contributed by atoms with Crippen molar-refractivity contribution in [1.29, 1.82) is 0 Å². The van der Waals surface area contributed by atoms with E-state index in [2.05, 4.69) is 10.6 Å². The molecule has 0 aromatic heterocycles. The summed E-state index contributed by atoms with van der Waals surface area (Å²) in [6, 6.07) is 22.1. The Morgan fingerprint density at radius 3 is 2.13 bits per heavy atom. The molecule has 1 aliphatic carbocycles. The summed E-state index contributed by atoms with van der Waals surface area (Å²) >= 11 is 0. The largest absolute Gasteiger partial charge is 0.423 e. The monoisotopic (exact) mass is 400 g/mol. The SMILES string of the molecule is O=C(Nc1ccc(OC(=O)c2cccc(NC(=O)C3CC3)c2)cc1)c1ccccc1. The molecule has 0 aliphatic heterocycles. The van der Waals surface area contributed by atoms with Gasteiger partial charge in [0.15, 0.2) is 0 Å². The van der Waals surface area contributed by atoms with Crippen molar-refractivity contribution in [1.82, 2.24) is 0 Å². The van der Waals surface area contributed by atoms with Crippen molar-refractivity contribution >= 4 is 29.2 Å². The van der Waals surface area contributed by atoms with Crippen molar-refractivity contribution in [3.63, 3.8) is 0 Å². The highest BCUT2D eigenvalue weighted by molar-refractivity contribution is 6.04. The molecule has 0 heterocycles. The third-order valence-electron chi connectivity index (χ3n) is 4.67. The molecule has 2 amide bonds. The zero-order chi connectivity index (χ0) is 20.9. The van der Waals surface area contributed by atoms with Crippen LogP contribution in [0.2, 0.25) is 0 Å². The first kappa shape index (κ1) is 19.4. The van der Waals surface area contributed by atoms with E-state index in [4.69, 9.17) is 4.74 Å². The van der Waals surface area contributed by atoms with Gasteiger partial charge in [-0.25, -0.2) is 4.79 Å². The first-order chi connectivity index (χ1) is 14.6. The molecule has 1 saturated carbocycles. The number of nitrogens with one attached hydrogen (secondary N) is 2. The van der Waals surface area contributed by atoms with Gasteiger partial charge in [0, 0.05) is 22.9 Å². The average Bonchev–Trinajstić information content (AvgIpc) is 3.61. The van der Waals surface area contributed by atoms with Crippen molar-refractivity contribution in [3.05, 3.63) is 90.0 Å². The zero-order valence-electron chi connectivity index (χ0n) is 16.1. The van der Waals surface area contributed by atoms with Gasteiger partial charge in [-0.15, -0.1) is 0 Å². The molecule has 6 nitrogen and oxygen atoms in total. The van der Waals surface area contributed by atoms with Crippen LogP contribution >= 0.6 is 0 Å². The second kappa shape index (κ2) is 8.61. The van der Waals surface area contributed by atoms with Gasteiger partial charge < -0.3 is 15.4 Å². The van der Waals surface area contributed by atoms with Crippen LogP contribution in [0.3, 0.4) is 0 Å². The van der Waals surface area contributed by atoms with E-state index in [9.17, 15) is 14.4 Å². The van der Waals surface area contributed by atoms with Gasteiger partial charge in [0.2, 0.25) is 5.91 Å². The van der Waals surface area contributed by atoms with Crippen LogP contribution in [-0.2, 0) is 4.79 Å². The molecule has 30 heavy (non-hydrogen) atoms. The van der Waals surface area contributed by atoms with Gasteiger partial charge in [0.25, 0.3) is 5.91 Å². The smallest absolute Gasteiger partial charge is 0.343 e. The van der Waals surface area contributed by atoms with Crippen LogP contribution in [0.4, 0.5) is 11.4 Å². The Bertz CT molecular complexity index is 1070. The standard InChI is InChI=1S/C24H20N2O4/c27-22(16-5-2-1-3-6-16)25-19-11-13-21(14-12-19)30-24(29)18-7-4-8-20(15-18)26-23(28)17-9-10-17/h1-8,11-15,17H,9-10H2,(H,25,27)(H,26,28). The Morgan fingerprint density at radius 1 is 0.733 bits per heavy atom. The van der Waals surface area contributed by atoms with Gasteiger partial charge in [-0.1, -0.05) is 24.3 Å². The minimum Gasteiger partial charge on any atom is -0.423 e. The first-order valence-electron chi connectivity index (χ1n) is 9.68. The van der Waals surface area contributed by atoms with Crippen LogP contribution in [0.5, 0.6) is 5.75 Å². The summed E-state index contributed by atoms with van der Waals surface area (Å²) in [7, 11) is 0. The Kier molecular flexibility index (Phi) is 5.57. The van der Waals surface area contributed by atoms with E-state index in [1.165, 1.54) is 0 Å². The number of ether oxygens (including phenoxy) is 1. The molecule has 4 rings (SSSR count). The number of anilines is 2. The van der Waals surface area contributed by atoms with Crippen LogP contribution in [0, 0.1) is 5.92 Å². The normalized spacial score (nSPS) is 12.7. The Labute approximate surface area is 173 Å². The number of hydrogen-bond acceptors (Lipinski definition) is 4. The predicted octanol–water partition coefficient (Wildman–Crippen LogP) is 4.51. The topological polar surface area (TPSA) is 84.5 Å². The number of esters is 1. The molecule has 3 aromatic rings. The van der Waals surface area contributed by atoms with Crippen LogP contribution < -0.4 is 15.4 Å². The van der Waals surface area contributed by atoms with Gasteiger partial charge in [-0.05, 0) is 67.4 Å².